The van der Waals surface area contributed by atoms with E-state index in [9.17, 15) is 0 Å². The van der Waals surface area contributed by atoms with Crippen molar-refractivity contribution in [2.75, 3.05) is 19.7 Å². The molecule has 0 bridgehead atoms. The highest BCUT2D eigenvalue weighted by Gasteiger charge is 2.52. The van der Waals surface area contributed by atoms with Crippen LogP contribution in [0.5, 0.6) is 0 Å². The van der Waals surface area contributed by atoms with E-state index in [1.807, 2.05) is 0 Å². The molecule has 0 amide bonds. The summed E-state index contributed by atoms with van der Waals surface area (Å²) in [4.78, 5) is 5.36. The quantitative estimate of drug-likeness (QED) is 0.530. The van der Waals surface area contributed by atoms with Crippen molar-refractivity contribution in [3.05, 3.63) is 0 Å². The van der Waals surface area contributed by atoms with Crippen LogP contribution in [0.1, 0.15) is 20.8 Å². The zero-order chi connectivity index (χ0) is 9.53. The van der Waals surface area contributed by atoms with Gasteiger partial charge in [-0.25, -0.2) is 0 Å². The van der Waals surface area contributed by atoms with Gasteiger partial charge in [-0.2, -0.15) is 5.48 Å². The van der Waals surface area contributed by atoms with Gasteiger partial charge in [-0.1, -0.05) is 6.92 Å². The summed E-state index contributed by atoms with van der Waals surface area (Å²) in [5, 5.41) is 6.93. The summed E-state index contributed by atoms with van der Waals surface area (Å²) in [6.07, 6.45) is 0.359. The maximum absolute atomic E-state index is 5.36. The van der Waals surface area contributed by atoms with Crippen LogP contribution in [-0.4, -0.2) is 31.4 Å². The third-order valence-corrected chi connectivity index (χ3v) is 3.59. The Morgan fingerprint density at radius 3 is 2.23 bits per heavy atom. The SMILES string of the molecule is CC1(C)NOCC1(C)C1NCCN1. The molecule has 0 aromatic heterocycles. The van der Waals surface area contributed by atoms with E-state index in [1.165, 1.54) is 0 Å². The Morgan fingerprint density at radius 2 is 1.77 bits per heavy atom. The highest BCUT2D eigenvalue weighted by atomic mass is 16.7. The minimum Gasteiger partial charge on any atom is -0.300 e. The Balaban J connectivity index is 2.17. The van der Waals surface area contributed by atoms with Crippen LogP contribution >= 0.6 is 0 Å². The predicted octanol–water partition coefficient (Wildman–Crippen LogP) is -0.175. The van der Waals surface area contributed by atoms with E-state index >= 15 is 0 Å². The Kier molecular flexibility index (Phi) is 2.11. The summed E-state index contributed by atoms with van der Waals surface area (Å²) in [6.45, 7) is 9.48. The second-order valence-corrected chi connectivity index (χ2v) is 4.77. The van der Waals surface area contributed by atoms with Gasteiger partial charge in [-0.05, 0) is 13.8 Å². The van der Waals surface area contributed by atoms with Gasteiger partial charge in [0, 0.05) is 24.0 Å². The van der Waals surface area contributed by atoms with Crippen molar-refractivity contribution in [2.45, 2.75) is 32.5 Å². The average molecular weight is 185 g/mol. The van der Waals surface area contributed by atoms with Gasteiger partial charge < -0.3 is 15.5 Å². The third kappa shape index (κ3) is 1.29. The first-order chi connectivity index (χ1) is 6.06. The topological polar surface area (TPSA) is 45.3 Å². The van der Waals surface area contributed by atoms with E-state index in [1.54, 1.807) is 0 Å². The van der Waals surface area contributed by atoms with Gasteiger partial charge in [0.1, 0.15) is 0 Å². The van der Waals surface area contributed by atoms with Gasteiger partial charge in [0.2, 0.25) is 0 Å². The average Bonchev–Trinajstić information content (AvgIpc) is 2.61. The number of hydrogen-bond acceptors (Lipinski definition) is 4. The first kappa shape index (κ1) is 9.40. The van der Waals surface area contributed by atoms with E-state index in [-0.39, 0.29) is 11.0 Å². The summed E-state index contributed by atoms with van der Waals surface area (Å²) in [5.41, 5.74) is 3.21. The zero-order valence-electron chi connectivity index (χ0n) is 8.61. The van der Waals surface area contributed by atoms with Crippen molar-refractivity contribution in [1.29, 1.82) is 0 Å². The molecule has 2 aliphatic rings. The van der Waals surface area contributed by atoms with Crippen LogP contribution in [-0.2, 0) is 4.84 Å². The molecule has 0 spiro atoms. The molecule has 4 nitrogen and oxygen atoms in total. The molecule has 4 heteroatoms. The zero-order valence-corrected chi connectivity index (χ0v) is 8.61. The Bertz CT molecular complexity index is 201. The summed E-state index contributed by atoms with van der Waals surface area (Å²) < 4.78 is 0. The lowest BCUT2D eigenvalue weighted by Crippen LogP contribution is -2.58. The van der Waals surface area contributed by atoms with Crippen LogP contribution in [0.3, 0.4) is 0 Å². The monoisotopic (exact) mass is 185 g/mol. The fourth-order valence-corrected chi connectivity index (χ4v) is 2.06. The molecule has 1 atom stereocenters. The molecular weight excluding hydrogens is 166 g/mol. The summed E-state index contributed by atoms with van der Waals surface area (Å²) in [5.74, 6) is 0. The van der Waals surface area contributed by atoms with E-state index in [2.05, 4.69) is 36.9 Å². The maximum Gasteiger partial charge on any atom is 0.0782 e. The Morgan fingerprint density at radius 1 is 1.15 bits per heavy atom. The smallest absolute Gasteiger partial charge is 0.0782 e. The lowest BCUT2D eigenvalue weighted by atomic mass is 9.72. The standard InChI is InChI=1S/C9H19N3O/c1-8(2)9(3,6-13-12-8)7-10-4-5-11-7/h7,10-12H,4-6H2,1-3H3. The molecule has 0 aliphatic carbocycles. The molecule has 2 aliphatic heterocycles. The van der Waals surface area contributed by atoms with Crippen LogP contribution in [0.25, 0.3) is 0 Å². The number of hydroxylamine groups is 1. The van der Waals surface area contributed by atoms with Crippen molar-refractivity contribution in [1.82, 2.24) is 16.1 Å². The lowest BCUT2D eigenvalue weighted by Gasteiger charge is -2.40. The van der Waals surface area contributed by atoms with Gasteiger partial charge in [0.25, 0.3) is 0 Å². The van der Waals surface area contributed by atoms with Crippen LogP contribution in [0.4, 0.5) is 0 Å². The first-order valence-electron chi connectivity index (χ1n) is 4.92. The third-order valence-electron chi connectivity index (χ3n) is 3.59. The van der Waals surface area contributed by atoms with Gasteiger partial charge in [-0.3, -0.25) is 0 Å². The molecule has 0 saturated carbocycles. The molecule has 3 N–H and O–H groups in total. The molecule has 2 heterocycles. The highest BCUT2D eigenvalue weighted by Crippen LogP contribution is 2.38. The molecule has 76 valence electrons. The van der Waals surface area contributed by atoms with Gasteiger partial charge in [0.15, 0.2) is 0 Å². The van der Waals surface area contributed by atoms with Crippen molar-refractivity contribution >= 4 is 0 Å². The number of hydrogen-bond donors (Lipinski definition) is 3. The molecule has 2 saturated heterocycles. The Labute approximate surface area is 79.4 Å². The molecular formula is C9H19N3O. The number of nitrogens with one attached hydrogen (secondary N) is 3. The predicted molar refractivity (Wildman–Crippen MR) is 51.1 cm³/mol. The Hall–Kier alpha value is -0.160. The second-order valence-electron chi connectivity index (χ2n) is 4.77. The van der Waals surface area contributed by atoms with Gasteiger partial charge >= 0.3 is 0 Å². The van der Waals surface area contributed by atoms with Crippen molar-refractivity contribution < 1.29 is 4.84 Å². The molecule has 0 aromatic rings. The fraction of sp³-hybridized carbons (Fsp3) is 1.00. The minimum atomic E-state index is 0.0159. The van der Waals surface area contributed by atoms with Gasteiger partial charge in [-0.15, -0.1) is 0 Å². The van der Waals surface area contributed by atoms with E-state index < -0.39 is 0 Å². The fourth-order valence-electron chi connectivity index (χ4n) is 2.06. The van der Waals surface area contributed by atoms with E-state index in [4.69, 9.17) is 4.84 Å². The van der Waals surface area contributed by atoms with Crippen LogP contribution in [0.2, 0.25) is 0 Å². The molecule has 0 aromatic carbocycles. The van der Waals surface area contributed by atoms with Crippen LogP contribution < -0.4 is 16.1 Å². The summed E-state index contributed by atoms with van der Waals surface area (Å²) in [6, 6.07) is 0. The maximum atomic E-state index is 5.36. The first-order valence-corrected chi connectivity index (χ1v) is 4.92. The molecule has 1 unspecified atom stereocenters. The normalized spacial score (nSPS) is 39.9. The van der Waals surface area contributed by atoms with Crippen molar-refractivity contribution in [3.8, 4) is 0 Å². The van der Waals surface area contributed by atoms with E-state index in [0.29, 0.717) is 6.17 Å². The molecule has 2 fully saturated rings. The molecule has 0 radical (unpaired) electrons. The largest absolute Gasteiger partial charge is 0.300 e. The minimum absolute atomic E-state index is 0.0159. The summed E-state index contributed by atoms with van der Waals surface area (Å²) in [7, 11) is 0. The van der Waals surface area contributed by atoms with E-state index in [0.717, 1.165) is 19.7 Å². The van der Waals surface area contributed by atoms with Gasteiger partial charge in [0.05, 0.1) is 12.8 Å². The highest BCUT2D eigenvalue weighted by molar-refractivity contribution is 5.05. The second kappa shape index (κ2) is 2.92. The van der Waals surface area contributed by atoms with Crippen LogP contribution in [0, 0.1) is 5.41 Å². The van der Waals surface area contributed by atoms with Crippen LogP contribution in [0.15, 0.2) is 0 Å². The van der Waals surface area contributed by atoms with Crippen molar-refractivity contribution in [3.63, 3.8) is 0 Å². The molecule has 2 rings (SSSR count). The summed E-state index contributed by atoms with van der Waals surface area (Å²) >= 11 is 0. The van der Waals surface area contributed by atoms with Crippen molar-refractivity contribution in [2.24, 2.45) is 5.41 Å². The lowest BCUT2D eigenvalue weighted by molar-refractivity contribution is 0.0694. The number of rotatable bonds is 1. The molecule has 13 heavy (non-hydrogen) atoms.